The van der Waals surface area contributed by atoms with Crippen molar-refractivity contribution in [2.75, 3.05) is 6.54 Å². The standard InChI is InChI=1S/C13H17FN2O2/c1-8(2)16-12(17)7-15-13(18)10-4-5-11(14)9(3)6-10/h4-6,8H,7H2,1-3H3,(H,15,18)(H,16,17). The Morgan fingerprint density at radius 1 is 1.33 bits per heavy atom. The number of carbonyl (C=O) groups is 2. The van der Waals surface area contributed by atoms with E-state index in [4.69, 9.17) is 0 Å². The SMILES string of the molecule is Cc1cc(C(=O)NCC(=O)NC(C)C)ccc1F. The molecule has 2 amide bonds. The molecule has 0 atom stereocenters. The first-order valence-electron chi connectivity index (χ1n) is 5.74. The van der Waals surface area contributed by atoms with Gasteiger partial charge in [-0.15, -0.1) is 0 Å². The number of nitrogens with one attached hydrogen (secondary N) is 2. The lowest BCUT2D eigenvalue weighted by Crippen LogP contribution is -2.39. The zero-order valence-corrected chi connectivity index (χ0v) is 10.7. The molecule has 4 nitrogen and oxygen atoms in total. The van der Waals surface area contributed by atoms with Crippen LogP contribution in [0.3, 0.4) is 0 Å². The van der Waals surface area contributed by atoms with Gasteiger partial charge in [-0.2, -0.15) is 0 Å². The lowest BCUT2D eigenvalue weighted by molar-refractivity contribution is -0.120. The van der Waals surface area contributed by atoms with E-state index in [9.17, 15) is 14.0 Å². The number of aryl methyl sites for hydroxylation is 1. The molecule has 0 bridgehead atoms. The molecule has 0 aliphatic carbocycles. The van der Waals surface area contributed by atoms with Crippen molar-refractivity contribution in [2.24, 2.45) is 0 Å². The van der Waals surface area contributed by atoms with Crippen LogP contribution in [0.25, 0.3) is 0 Å². The van der Waals surface area contributed by atoms with Crippen molar-refractivity contribution < 1.29 is 14.0 Å². The number of hydrogen-bond donors (Lipinski definition) is 2. The summed E-state index contributed by atoms with van der Waals surface area (Å²) in [4.78, 5) is 23.0. The van der Waals surface area contributed by atoms with Crippen molar-refractivity contribution >= 4 is 11.8 Å². The zero-order chi connectivity index (χ0) is 13.7. The van der Waals surface area contributed by atoms with Crippen LogP contribution in [0, 0.1) is 12.7 Å². The largest absolute Gasteiger partial charge is 0.352 e. The lowest BCUT2D eigenvalue weighted by Gasteiger charge is -2.09. The topological polar surface area (TPSA) is 58.2 Å². The molecular weight excluding hydrogens is 235 g/mol. The molecular formula is C13H17FN2O2. The fraction of sp³-hybridized carbons (Fsp3) is 0.385. The van der Waals surface area contributed by atoms with Gasteiger partial charge < -0.3 is 10.6 Å². The van der Waals surface area contributed by atoms with Crippen molar-refractivity contribution in [3.63, 3.8) is 0 Å². The molecule has 0 aliphatic rings. The van der Waals surface area contributed by atoms with Crippen LogP contribution in [0.1, 0.15) is 29.8 Å². The zero-order valence-electron chi connectivity index (χ0n) is 10.7. The van der Waals surface area contributed by atoms with Crippen LogP contribution in [0.4, 0.5) is 4.39 Å². The third-order valence-corrected chi connectivity index (χ3v) is 2.28. The second-order valence-corrected chi connectivity index (χ2v) is 4.37. The summed E-state index contributed by atoms with van der Waals surface area (Å²) in [5.74, 6) is -1.00. The van der Waals surface area contributed by atoms with Crippen molar-refractivity contribution in [1.29, 1.82) is 0 Å². The molecule has 1 aromatic rings. The smallest absolute Gasteiger partial charge is 0.251 e. The Bertz CT molecular complexity index is 458. The predicted octanol–water partition coefficient (Wildman–Crippen LogP) is 1.39. The van der Waals surface area contributed by atoms with E-state index in [-0.39, 0.29) is 24.3 Å². The quantitative estimate of drug-likeness (QED) is 0.850. The van der Waals surface area contributed by atoms with Crippen LogP contribution < -0.4 is 10.6 Å². The molecule has 0 radical (unpaired) electrons. The van der Waals surface area contributed by atoms with Crippen molar-refractivity contribution in [2.45, 2.75) is 26.8 Å². The number of carbonyl (C=O) groups excluding carboxylic acids is 2. The number of rotatable bonds is 4. The molecule has 0 spiro atoms. The molecule has 0 unspecified atom stereocenters. The first kappa shape index (κ1) is 14.2. The van der Waals surface area contributed by atoms with Gasteiger partial charge in [0, 0.05) is 11.6 Å². The Balaban J connectivity index is 2.55. The Labute approximate surface area is 106 Å². The highest BCUT2D eigenvalue weighted by molar-refractivity contribution is 5.96. The van der Waals surface area contributed by atoms with Gasteiger partial charge in [-0.1, -0.05) is 0 Å². The fourth-order valence-corrected chi connectivity index (χ4v) is 1.42. The minimum absolute atomic E-state index is 0.0301. The molecule has 0 saturated carbocycles. The normalized spacial score (nSPS) is 10.3. The maximum absolute atomic E-state index is 13.0. The third-order valence-electron chi connectivity index (χ3n) is 2.28. The van der Waals surface area contributed by atoms with E-state index in [1.54, 1.807) is 6.92 Å². The van der Waals surface area contributed by atoms with E-state index in [1.807, 2.05) is 13.8 Å². The van der Waals surface area contributed by atoms with Crippen LogP contribution in [-0.2, 0) is 4.79 Å². The maximum atomic E-state index is 13.0. The molecule has 0 heterocycles. The van der Waals surface area contributed by atoms with Crippen molar-refractivity contribution in [1.82, 2.24) is 10.6 Å². The van der Waals surface area contributed by atoms with Crippen molar-refractivity contribution in [3.8, 4) is 0 Å². The number of hydrogen-bond acceptors (Lipinski definition) is 2. The van der Waals surface area contributed by atoms with E-state index in [0.717, 1.165) is 0 Å². The van der Waals surface area contributed by atoms with Gasteiger partial charge in [-0.25, -0.2) is 4.39 Å². The third kappa shape index (κ3) is 4.16. The number of halogens is 1. The molecule has 98 valence electrons. The Morgan fingerprint density at radius 2 is 2.00 bits per heavy atom. The maximum Gasteiger partial charge on any atom is 0.251 e. The van der Waals surface area contributed by atoms with E-state index in [0.29, 0.717) is 11.1 Å². The molecule has 1 rings (SSSR count). The first-order chi connectivity index (χ1) is 8.40. The Hall–Kier alpha value is -1.91. The van der Waals surface area contributed by atoms with Crippen LogP contribution in [0.15, 0.2) is 18.2 Å². The fourth-order valence-electron chi connectivity index (χ4n) is 1.42. The summed E-state index contributed by atoms with van der Waals surface area (Å²) in [7, 11) is 0. The van der Waals surface area contributed by atoms with Gasteiger partial charge in [-0.3, -0.25) is 9.59 Å². The summed E-state index contributed by atoms with van der Waals surface area (Å²) < 4.78 is 13.0. The van der Waals surface area contributed by atoms with E-state index < -0.39 is 5.91 Å². The molecule has 5 heteroatoms. The predicted molar refractivity (Wildman–Crippen MR) is 66.7 cm³/mol. The average Bonchev–Trinajstić information content (AvgIpc) is 2.28. The van der Waals surface area contributed by atoms with Gasteiger partial charge in [-0.05, 0) is 44.5 Å². The van der Waals surface area contributed by atoms with Gasteiger partial charge in [0.1, 0.15) is 5.82 Å². The number of benzene rings is 1. The molecule has 0 saturated heterocycles. The average molecular weight is 252 g/mol. The summed E-state index contributed by atoms with van der Waals surface area (Å²) in [5, 5.41) is 5.13. The van der Waals surface area contributed by atoms with Crippen LogP contribution in [-0.4, -0.2) is 24.4 Å². The molecule has 0 fully saturated rings. The summed E-state index contributed by atoms with van der Waals surface area (Å²) >= 11 is 0. The minimum Gasteiger partial charge on any atom is -0.352 e. The van der Waals surface area contributed by atoms with E-state index >= 15 is 0 Å². The highest BCUT2D eigenvalue weighted by Crippen LogP contribution is 2.08. The highest BCUT2D eigenvalue weighted by Gasteiger charge is 2.09. The molecule has 0 aromatic heterocycles. The number of amides is 2. The van der Waals surface area contributed by atoms with Gasteiger partial charge in [0.2, 0.25) is 5.91 Å². The van der Waals surface area contributed by atoms with E-state index in [1.165, 1.54) is 18.2 Å². The lowest BCUT2D eigenvalue weighted by atomic mass is 10.1. The summed E-state index contributed by atoms with van der Waals surface area (Å²) in [6.07, 6.45) is 0. The monoisotopic (exact) mass is 252 g/mol. The summed E-state index contributed by atoms with van der Waals surface area (Å²) in [5.41, 5.74) is 0.737. The molecule has 2 N–H and O–H groups in total. The van der Waals surface area contributed by atoms with Crippen LogP contribution in [0.2, 0.25) is 0 Å². The van der Waals surface area contributed by atoms with Gasteiger partial charge in [0.05, 0.1) is 6.54 Å². The van der Waals surface area contributed by atoms with Gasteiger partial charge in [0.15, 0.2) is 0 Å². The van der Waals surface area contributed by atoms with Gasteiger partial charge >= 0.3 is 0 Å². The molecule has 18 heavy (non-hydrogen) atoms. The second-order valence-electron chi connectivity index (χ2n) is 4.37. The highest BCUT2D eigenvalue weighted by atomic mass is 19.1. The second kappa shape index (κ2) is 6.14. The van der Waals surface area contributed by atoms with Crippen molar-refractivity contribution in [3.05, 3.63) is 35.1 Å². The van der Waals surface area contributed by atoms with Crippen LogP contribution >= 0.6 is 0 Å². The first-order valence-corrected chi connectivity index (χ1v) is 5.74. The van der Waals surface area contributed by atoms with Crippen LogP contribution in [0.5, 0.6) is 0 Å². The summed E-state index contributed by atoms with van der Waals surface area (Å²) in [6.45, 7) is 5.16. The van der Waals surface area contributed by atoms with Gasteiger partial charge in [0.25, 0.3) is 5.91 Å². The minimum atomic E-state index is -0.392. The molecule has 1 aromatic carbocycles. The van der Waals surface area contributed by atoms with E-state index in [2.05, 4.69) is 10.6 Å². The Kier molecular flexibility index (Phi) is 4.83. The Morgan fingerprint density at radius 3 is 2.56 bits per heavy atom. The molecule has 0 aliphatic heterocycles. The summed E-state index contributed by atoms with van der Waals surface area (Å²) in [6, 6.07) is 4.10.